The fourth-order valence-electron chi connectivity index (χ4n) is 2.41. The Kier molecular flexibility index (Phi) is 3.33. The highest BCUT2D eigenvalue weighted by atomic mass is 15.1. The van der Waals surface area contributed by atoms with E-state index >= 15 is 0 Å². The van der Waals surface area contributed by atoms with Crippen LogP contribution in [0, 0.1) is 5.92 Å². The average molecular weight is 260 g/mol. The van der Waals surface area contributed by atoms with E-state index in [0.717, 1.165) is 31.1 Å². The predicted molar refractivity (Wildman–Crippen MR) is 74.6 cm³/mol. The Bertz CT molecular complexity index is 559. The first-order chi connectivity index (χ1) is 9.24. The van der Waals surface area contributed by atoms with Crippen LogP contribution in [0.4, 0.5) is 5.82 Å². The van der Waals surface area contributed by atoms with E-state index < -0.39 is 0 Å². The van der Waals surface area contributed by atoms with E-state index in [9.17, 15) is 0 Å². The van der Waals surface area contributed by atoms with Crippen LogP contribution in [0.3, 0.4) is 0 Å². The Morgan fingerprint density at radius 2 is 2.21 bits per heavy atom. The number of hydrogen-bond donors (Lipinski definition) is 1. The van der Waals surface area contributed by atoms with Crippen molar-refractivity contribution in [2.24, 2.45) is 5.92 Å². The molecule has 0 atom stereocenters. The lowest BCUT2D eigenvalue weighted by Crippen LogP contribution is -2.23. The highest BCUT2D eigenvalue weighted by Crippen LogP contribution is 2.29. The molecule has 2 heterocycles. The summed E-state index contributed by atoms with van der Waals surface area (Å²) in [6, 6.07) is 0. The highest BCUT2D eigenvalue weighted by Gasteiger charge is 2.22. The molecule has 0 amide bonds. The number of anilines is 1. The summed E-state index contributed by atoms with van der Waals surface area (Å²) in [5.74, 6) is 1.40. The van der Waals surface area contributed by atoms with Crippen LogP contribution in [0.2, 0.25) is 0 Å². The SMILES string of the molecule is CN(CCCn1cnc2c(N)ncnc21)CC1CC1. The minimum absolute atomic E-state index is 0.453. The molecule has 0 radical (unpaired) electrons. The van der Waals surface area contributed by atoms with Gasteiger partial charge in [-0.1, -0.05) is 0 Å². The summed E-state index contributed by atoms with van der Waals surface area (Å²) >= 11 is 0. The molecule has 6 nitrogen and oxygen atoms in total. The number of nitrogens with zero attached hydrogens (tertiary/aromatic N) is 5. The second-order valence-corrected chi connectivity index (χ2v) is 5.43. The summed E-state index contributed by atoms with van der Waals surface area (Å²) in [4.78, 5) is 14.9. The van der Waals surface area contributed by atoms with E-state index in [-0.39, 0.29) is 0 Å². The molecule has 0 spiro atoms. The molecule has 6 heteroatoms. The van der Waals surface area contributed by atoms with Gasteiger partial charge >= 0.3 is 0 Å². The van der Waals surface area contributed by atoms with Gasteiger partial charge in [0.15, 0.2) is 11.5 Å². The summed E-state index contributed by atoms with van der Waals surface area (Å²) in [6.45, 7) is 3.26. The Labute approximate surface area is 112 Å². The number of hydrogen-bond acceptors (Lipinski definition) is 5. The van der Waals surface area contributed by atoms with Gasteiger partial charge in [-0.15, -0.1) is 0 Å². The first kappa shape index (κ1) is 12.3. The van der Waals surface area contributed by atoms with E-state index in [1.165, 1.54) is 25.7 Å². The van der Waals surface area contributed by atoms with Crippen molar-refractivity contribution in [3.8, 4) is 0 Å². The van der Waals surface area contributed by atoms with Crippen LogP contribution < -0.4 is 5.73 Å². The quantitative estimate of drug-likeness (QED) is 0.843. The standard InChI is InChI=1S/C13H20N6/c1-18(7-10-3-4-10)5-2-6-19-9-17-11-12(14)15-8-16-13(11)19/h8-10H,2-7H2,1H3,(H2,14,15,16). The third-order valence-corrected chi connectivity index (χ3v) is 3.64. The molecule has 0 aromatic carbocycles. The lowest BCUT2D eigenvalue weighted by Gasteiger charge is -2.15. The van der Waals surface area contributed by atoms with Crippen molar-refractivity contribution in [2.45, 2.75) is 25.8 Å². The molecule has 2 aromatic rings. The topological polar surface area (TPSA) is 72.9 Å². The molecule has 0 unspecified atom stereocenters. The molecule has 2 N–H and O–H groups in total. The minimum Gasteiger partial charge on any atom is -0.382 e. The second-order valence-electron chi connectivity index (χ2n) is 5.43. The van der Waals surface area contributed by atoms with Crippen molar-refractivity contribution < 1.29 is 0 Å². The Hall–Kier alpha value is -1.69. The van der Waals surface area contributed by atoms with Crippen LogP contribution in [0.1, 0.15) is 19.3 Å². The molecule has 2 aromatic heterocycles. The van der Waals surface area contributed by atoms with Crippen LogP contribution in [-0.4, -0.2) is 44.6 Å². The van der Waals surface area contributed by atoms with Gasteiger partial charge in [0.1, 0.15) is 11.8 Å². The number of nitrogens with two attached hydrogens (primary N) is 1. The highest BCUT2D eigenvalue weighted by molar-refractivity contribution is 5.80. The fraction of sp³-hybridized carbons (Fsp3) is 0.615. The van der Waals surface area contributed by atoms with Gasteiger partial charge < -0.3 is 15.2 Å². The lowest BCUT2D eigenvalue weighted by molar-refractivity contribution is 0.309. The van der Waals surface area contributed by atoms with Crippen LogP contribution in [-0.2, 0) is 6.54 Å². The smallest absolute Gasteiger partial charge is 0.165 e. The van der Waals surface area contributed by atoms with Crippen LogP contribution in [0.25, 0.3) is 11.2 Å². The summed E-state index contributed by atoms with van der Waals surface area (Å²) in [6.07, 6.45) is 7.21. The molecule has 0 bridgehead atoms. The minimum atomic E-state index is 0.453. The molecule has 1 aliphatic carbocycles. The molecule has 19 heavy (non-hydrogen) atoms. The normalized spacial score (nSPS) is 15.5. The van der Waals surface area contributed by atoms with Crippen molar-refractivity contribution in [1.82, 2.24) is 24.4 Å². The fourth-order valence-corrected chi connectivity index (χ4v) is 2.41. The van der Waals surface area contributed by atoms with E-state index in [1.807, 2.05) is 0 Å². The lowest BCUT2D eigenvalue weighted by atomic mass is 10.3. The van der Waals surface area contributed by atoms with Crippen molar-refractivity contribution in [2.75, 3.05) is 25.9 Å². The number of nitrogen functional groups attached to an aromatic ring is 1. The molecule has 1 saturated carbocycles. The Balaban J connectivity index is 1.57. The van der Waals surface area contributed by atoms with Gasteiger partial charge in [-0.25, -0.2) is 15.0 Å². The maximum atomic E-state index is 5.77. The third-order valence-electron chi connectivity index (χ3n) is 3.64. The molecule has 3 rings (SSSR count). The molecule has 1 aliphatic rings. The van der Waals surface area contributed by atoms with Gasteiger partial charge in [0.2, 0.25) is 0 Å². The predicted octanol–water partition coefficient (Wildman–Crippen LogP) is 1.14. The number of rotatable bonds is 6. The van der Waals surface area contributed by atoms with E-state index in [2.05, 4.69) is 31.5 Å². The Morgan fingerprint density at radius 3 is 3.00 bits per heavy atom. The maximum absolute atomic E-state index is 5.77. The monoisotopic (exact) mass is 260 g/mol. The van der Waals surface area contributed by atoms with Gasteiger partial charge in [-0.05, 0) is 38.8 Å². The van der Waals surface area contributed by atoms with Gasteiger partial charge in [0.25, 0.3) is 0 Å². The Morgan fingerprint density at radius 1 is 1.37 bits per heavy atom. The van der Waals surface area contributed by atoms with Crippen LogP contribution in [0.15, 0.2) is 12.7 Å². The third kappa shape index (κ3) is 2.84. The molecule has 0 aliphatic heterocycles. The number of fused-ring (bicyclic) bond motifs is 1. The van der Waals surface area contributed by atoms with E-state index in [0.29, 0.717) is 11.3 Å². The summed E-state index contributed by atoms with van der Waals surface area (Å²) < 4.78 is 2.05. The zero-order valence-electron chi connectivity index (χ0n) is 11.3. The summed E-state index contributed by atoms with van der Waals surface area (Å²) in [7, 11) is 2.20. The van der Waals surface area contributed by atoms with Crippen molar-refractivity contribution >= 4 is 17.0 Å². The second kappa shape index (κ2) is 5.13. The van der Waals surface area contributed by atoms with E-state index in [4.69, 9.17) is 5.73 Å². The number of imidazole rings is 1. The first-order valence-electron chi connectivity index (χ1n) is 6.84. The number of aryl methyl sites for hydroxylation is 1. The molecule has 102 valence electrons. The summed E-state index contributed by atoms with van der Waals surface area (Å²) in [5.41, 5.74) is 7.31. The van der Waals surface area contributed by atoms with Crippen LogP contribution >= 0.6 is 0 Å². The molecular weight excluding hydrogens is 240 g/mol. The van der Waals surface area contributed by atoms with Crippen molar-refractivity contribution in [3.05, 3.63) is 12.7 Å². The van der Waals surface area contributed by atoms with Gasteiger partial charge in [0, 0.05) is 13.1 Å². The van der Waals surface area contributed by atoms with Gasteiger partial charge in [0.05, 0.1) is 6.33 Å². The zero-order valence-corrected chi connectivity index (χ0v) is 11.3. The molecule has 0 saturated heterocycles. The van der Waals surface area contributed by atoms with Crippen LogP contribution in [0.5, 0.6) is 0 Å². The van der Waals surface area contributed by atoms with Crippen molar-refractivity contribution in [3.63, 3.8) is 0 Å². The van der Waals surface area contributed by atoms with Crippen molar-refractivity contribution in [1.29, 1.82) is 0 Å². The molecular formula is C13H20N6. The van der Waals surface area contributed by atoms with E-state index in [1.54, 1.807) is 6.33 Å². The molecule has 1 fully saturated rings. The largest absolute Gasteiger partial charge is 0.382 e. The maximum Gasteiger partial charge on any atom is 0.165 e. The van der Waals surface area contributed by atoms with Gasteiger partial charge in [-0.3, -0.25) is 0 Å². The summed E-state index contributed by atoms with van der Waals surface area (Å²) in [5, 5.41) is 0. The zero-order chi connectivity index (χ0) is 13.2. The first-order valence-corrected chi connectivity index (χ1v) is 6.84. The number of aromatic nitrogens is 4. The van der Waals surface area contributed by atoms with Gasteiger partial charge in [-0.2, -0.15) is 0 Å². The average Bonchev–Trinajstić information content (AvgIpc) is 3.09.